The molecular weight excluding hydrogens is 304 g/mol. The van der Waals surface area contributed by atoms with E-state index in [9.17, 15) is 4.79 Å². The number of methoxy groups -OCH3 is 2. The van der Waals surface area contributed by atoms with E-state index in [2.05, 4.69) is 9.97 Å². The fourth-order valence-corrected chi connectivity index (χ4v) is 2.58. The summed E-state index contributed by atoms with van der Waals surface area (Å²) in [7, 11) is 3.01. The van der Waals surface area contributed by atoms with Crippen LogP contribution in [0.5, 0.6) is 11.8 Å². The molecule has 0 saturated heterocycles. The van der Waals surface area contributed by atoms with Gasteiger partial charge in [0.15, 0.2) is 5.78 Å². The summed E-state index contributed by atoms with van der Waals surface area (Å²) in [4.78, 5) is 20.0. The monoisotopic (exact) mass is 322 g/mol. The van der Waals surface area contributed by atoms with Crippen molar-refractivity contribution in [1.29, 1.82) is 0 Å². The van der Waals surface area contributed by atoms with E-state index in [4.69, 9.17) is 9.47 Å². The Balaban J connectivity index is 1.99. The fourth-order valence-electron chi connectivity index (χ4n) is 2.58. The molecule has 0 amide bonds. The molecule has 0 atom stereocenters. The topological polar surface area (TPSA) is 64.2 Å². The Morgan fingerprint density at radius 3 is 2.50 bits per heavy atom. The van der Waals surface area contributed by atoms with E-state index in [1.165, 1.54) is 14.2 Å². The molecule has 0 bridgehead atoms. The molecule has 1 N–H and O–H groups in total. The van der Waals surface area contributed by atoms with Crippen LogP contribution in [0.3, 0.4) is 0 Å². The maximum absolute atomic E-state index is 12.7. The quantitative estimate of drug-likeness (QED) is 0.572. The summed E-state index contributed by atoms with van der Waals surface area (Å²) >= 11 is 0. The largest absolute Gasteiger partial charge is 0.481 e. The highest BCUT2D eigenvalue weighted by Gasteiger charge is 2.13. The predicted octanol–water partition coefficient (Wildman–Crippen LogP) is 3.87. The van der Waals surface area contributed by atoms with Crippen molar-refractivity contribution in [1.82, 2.24) is 9.97 Å². The van der Waals surface area contributed by atoms with Gasteiger partial charge in [0.05, 0.1) is 14.2 Å². The van der Waals surface area contributed by atoms with E-state index < -0.39 is 0 Å². The van der Waals surface area contributed by atoms with E-state index in [1.807, 2.05) is 36.5 Å². The second-order valence-corrected chi connectivity index (χ2v) is 5.38. The maximum atomic E-state index is 12.7. The molecule has 122 valence electrons. The zero-order valence-corrected chi connectivity index (χ0v) is 13.8. The van der Waals surface area contributed by atoms with Crippen LogP contribution in [0.2, 0.25) is 0 Å². The Bertz CT molecular complexity index is 903. The van der Waals surface area contributed by atoms with Crippen LogP contribution in [0.25, 0.3) is 17.0 Å². The number of ketones is 1. The molecule has 5 heteroatoms. The zero-order valence-electron chi connectivity index (χ0n) is 13.8. The lowest BCUT2D eigenvalue weighted by molar-refractivity contribution is 0.103. The van der Waals surface area contributed by atoms with Crippen molar-refractivity contribution in [3.05, 3.63) is 59.3 Å². The first-order chi connectivity index (χ1) is 11.6. The smallest absolute Gasteiger partial charge is 0.216 e. The number of rotatable bonds is 5. The minimum atomic E-state index is -0.0958. The summed E-state index contributed by atoms with van der Waals surface area (Å²) in [5.41, 5.74) is 3.14. The third-order valence-electron chi connectivity index (χ3n) is 3.82. The Morgan fingerprint density at radius 1 is 1.12 bits per heavy atom. The fraction of sp³-hybridized carbons (Fsp3) is 0.158. The summed E-state index contributed by atoms with van der Waals surface area (Å²) < 4.78 is 10.3. The third-order valence-corrected chi connectivity index (χ3v) is 3.82. The Kier molecular flexibility index (Phi) is 4.33. The maximum Gasteiger partial charge on any atom is 0.216 e. The lowest BCUT2D eigenvalue weighted by atomic mass is 10.0. The van der Waals surface area contributed by atoms with Gasteiger partial charge < -0.3 is 14.5 Å². The number of Topliss-reactive ketones (excluding diaryl/α,β-unsaturated/α-hetero) is 1. The van der Waals surface area contributed by atoms with Crippen LogP contribution in [-0.4, -0.2) is 30.0 Å². The van der Waals surface area contributed by atoms with Gasteiger partial charge in [-0.1, -0.05) is 12.1 Å². The van der Waals surface area contributed by atoms with E-state index in [-0.39, 0.29) is 5.78 Å². The molecule has 3 rings (SSSR count). The van der Waals surface area contributed by atoms with Gasteiger partial charge in [-0.25, -0.2) is 0 Å². The van der Waals surface area contributed by atoms with Crippen molar-refractivity contribution < 1.29 is 14.3 Å². The predicted molar refractivity (Wildman–Crippen MR) is 93.6 cm³/mol. The molecule has 2 aromatic heterocycles. The number of ether oxygens (including phenoxy) is 2. The van der Waals surface area contributed by atoms with E-state index in [1.54, 1.807) is 19.1 Å². The number of nitrogens with one attached hydrogen (secondary N) is 1. The van der Waals surface area contributed by atoms with Gasteiger partial charge in [0.1, 0.15) is 0 Å². The van der Waals surface area contributed by atoms with Gasteiger partial charge >= 0.3 is 0 Å². The van der Waals surface area contributed by atoms with Gasteiger partial charge in [-0.2, -0.15) is 4.98 Å². The van der Waals surface area contributed by atoms with E-state index >= 15 is 0 Å². The Morgan fingerprint density at radius 2 is 1.83 bits per heavy atom. The molecule has 0 aliphatic rings. The Labute approximate surface area is 139 Å². The van der Waals surface area contributed by atoms with Gasteiger partial charge in [0.25, 0.3) is 0 Å². The molecule has 0 saturated carbocycles. The van der Waals surface area contributed by atoms with Crippen molar-refractivity contribution in [2.75, 3.05) is 14.2 Å². The van der Waals surface area contributed by atoms with Gasteiger partial charge in [-0.3, -0.25) is 4.79 Å². The number of benzene rings is 1. The zero-order chi connectivity index (χ0) is 17.1. The second-order valence-electron chi connectivity index (χ2n) is 5.38. The summed E-state index contributed by atoms with van der Waals surface area (Å²) in [6.07, 6.45) is 3.77. The van der Waals surface area contributed by atoms with Crippen molar-refractivity contribution in [3.8, 4) is 11.8 Å². The van der Waals surface area contributed by atoms with Crippen LogP contribution in [0, 0.1) is 0 Å². The highest BCUT2D eigenvalue weighted by Crippen LogP contribution is 2.23. The van der Waals surface area contributed by atoms with Crippen molar-refractivity contribution >= 4 is 22.8 Å². The normalized spacial score (nSPS) is 11.5. The minimum Gasteiger partial charge on any atom is -0.481 e. The van der Waals surface area contributed by atoms with Crippen LogP contribution in [-0.2, 0) is 0 Å². The van der Waals surface area contributed by atoms with Gasteiger partial charge in [-0.05, 0) is 36.3 Å². The SMILES string of the molecule is COc1cc(C(=O)/C(C)=C/c2cccc3[nH]ccc23)cc(OC)n1. The highest BCUT2D eigenvalue weighted by atomic mass is 16.5. The minimum absolute atomic E-state index is 0.0958. The van der Waals surface area contributed by atoms with Crippen molar-refractivity contribution in [2.45, 2.75) is 6.92 Å². The second kappa shape index (κ2) is 6.58. The molecule has 0 unspecified atom stereocenters. The number of fused-ring (bicyclic) bond motifs is 1. The van der Waals surface area contributed by atoms with Gasteiger partial charge in [0, 0.05) is 34.8 Å². The number of pyridine rings is 1. The molecular formula is C19H18N2O3. The average Bonchev–Trinajstić information content (AvgIpc) is 3.10. The van der Waals surface area contributed by atoms with Crippen molar-refractivity contribution in [3.63, 3.8) is 0 Å². The first-order valence-corrected chi connectivity index (χ1v) is 7.51. The molecule has 0 spiro atoms. The molecule has 5 nitrogen and oxygen atoms in total. The molecule has 0 aliphatic heterocycles. The number of nitrogens with zero attached hydrogens (tertiary/aromatic N) is 1. The Hall–Kier alpha value is -3.08. The van der Waals surface area contributed by atoms with Crippen molar-refractivity contribution in [2.24, 2.45) is 0 Å². The number of carbonyl (C=O) groups is 1. The molecule has 2 heterocycles. The first-order valence-electron chi connectivity index (χ1n) is 7.51. The lowest BCUT2D eigenvalue weighted by Gasteiger charge is -2.07. The molecule has 0 aliphatic carbocycles. The van der Waals surface area contributed by atoms with Crippen LogP contribution < -0.4 is 9.47 Å². The third kappa shape index (κ3) is 3.01. The van der Waals surface area contributed by atoms with Gasteiger partial charge in [0.2, 0.25) is 11.8 Å². The van der Waals surface area contributed by atoms with Gasteiger partial charge in [-0.15, -0.1) is 0 Å². The van der Waals surface area contributed by atoms with Crippen LogP contribution >= 0.6 is 0 Å². The first kappa shape index (κ1) is 15.8. The molecule has 24 heavy (non-hydrogen) atoms. The number of carbonyl (C=O) groups excluding carboxylic acids is 1. The average molecular weight is 322 g/mol. The highest BCUT2D eigenvalue weighted by molar-refractivity contribution is 6.12. The number of aromatic nitrogens is 2. The summed E-state index contributed by atoms with van der Waals surface area (Å²) in [5.74, 6) is 0.595. The number of H-pyrrole nitrogens is 1. The number of hydrogen-bond acceptors (Lipinski definition) is 4. The molecule has 0 radical (unpaired) electrons. The van der Waals surface area contributed by atoms with Crippen LogP contribution in [0.4, 0.5) is 0 Å². The molecule has 3 aromatic rings. The number of aromatic amines is 1. The number of allylic oxidation sites excluding steroid dienone is 1. The summed E-state index contributed by atoms with van der Waals surface area (Å²) in [5, 5.41) is 1.08. The summed E-state index contributed by atoms with van der Waals surface area (Å²) in [6, 6.07) is 11.2. The van der Waals surface area contributed by atoms with E-state index in [0.29, 0.717) is 22.9 Å². The lowest BCUT2D eigenvalue weighted by Crippen LogP contribution is -2.03. The molecule has 1 aromatic carbocycles. The number of hydrogen-bond donors (Lipinski definition) is 1. The standard InChI is InChI=1S/C19H18N2O3/c1-12(9-13-5-4-6-16-15(13)7-8-20-16)19(22)14-10-17(23-2)21-18(11-14)24-3/h4-11,20H,1-3H3/b12-9+. The van der Waals surface area contributed by atoms with Crippen LogP contribution in [0.1, 0.15) is 22.8 Å². The van der Waals surface area contributed by atoms with Crippen LogP contribution in [0.15, 0.2) is 48.2 Å². The molecule has 0 fully saturated rings. The summed E-state index contributed by atoms with van der Waals surface area (Å²) in [6.45, 7) is 1.80. The van der Waals surface area contributed by atoms with E-state index in [0.717, 1.165) is 16.5 Å².